The lowest BCUT2D eigenvalue weighted by atomic mass is 10.0. The van der Waals surface area contributed by atoms with E-state index in [1.165, 1.54) is 12.1 Å². The maximum Gasteiger partial charge on any atom is 0.416 e. The highest BCUT2D eigenvalue weighted by Crippen LogP contribution is 2.37. The molecule has 0 radical (unpaired) electrons. The highest BCUT2D eigenvalue weighted by atomic mass is 79.9. The summed E-state index contributed by atoms with van der Waals surface area (Å²) in [6, 6.07) is 10.6. The zero-order valence-electron chi connectivity index (χ0n) is 11.0. The van der Waals surface area contributed by atoms with E-state index >= 15 is 0 Å². The molecule has 0 aromatic heterocycles. The van der Waals surface area contributed by atoms with Crippen molar-refractivity contribution in [2.75, 3.05) is 5.32 Å². The molecule has 6 heteroatoms. The van der Waals surface area contributed by atoms with E-state index in [0.29, 0.717) is 0 Å². The van der Waals surface area contributed by atoms with Crippen molar-refractivity contribution in [1.82, 2.24) is 0 Å². The zero-order chi connectivity index (χ0) is 15.6. The summed E-state index contributed by atoms with van der Waals surface area (Å²) in [5.74, 6) is 0. The van der Waals surface area contributed by atoms with Gasteiger partial charge in [0.05, 0.1) is 11.3 Å². The summed E-state index contributed by atoms with van der Waals surface area (Å²) in [7, 11) is 0. The monoisotopic (exact) mass is 421 g/mol. The van der Waals surface area contributed by atoms with Crippen molar-refractivity contribution in [2.24, 2.45) is 0 Å². The topological polar surface area (TPSA) is 12.0 Å². The minimum absolute atomic E-state index is 0.215. The molecule has 2 aromatic carbocycles. The lowest BCUT2D eigenvalue weighted by Crippen LogP contribution is -2.15. The van der Waals surface area contributed by atoms with Crippen LogP contribution < -0.4 is 5.32 Å². The molecule has 0 heterocycles. The lowest BCUT2D eigenvalue weighted by Gasteiger charge is -2.21. The number of para-hydroxylation sites is 1. The normalized spacial score (nSPS) is 13.0. The van der Waals surface area contributed by atoms with Crippen LogP contribution in [0.3, 0.4) is 0 Å². The van der Waals surface area contributed by atoms with Gasteiger partial charge in [-0.1, -0.05) is 24.3 Å². The fraction of sp³-hybridized carbons (Fsp3) is 0.200. The van der Waals surface area contributed by atoms with Crippen LogP contribution >= 0.6 is 31.9 Å². The summed E-state index contributed by atoms with van der Waals surface area (Å²) in [6.07, 6.45) is -4.36. The largest absolute Gasteiger partial charge is 0.416 e. The zero-order valence-corrected chi connectivity index (χ0v) is 14.2. The Labute approximate surface area is 137 Å². The third-order valence-corrected chi connectivity index (χ3v) is 4.38. The molecule has 0 aliphatic heterocycles. The van der Waals surface area contributed by atoms with Crippen LogP contribution in [0.15, 0.2) is 51.4 Å². The Morgan fingerprint density at radius 1 is 0.952 bits per heavy atom. The second kappa shape index (κ2) is 6.40. The van der Waals surface area contributed by atoms with E-state index in [1.807, 2.05) is 18.2 Å². The first-order valence-corrected chi connectivity index (χ1v) is 7.76. The first kappa shape index (κ1) is 16.4. The molecule has 0 spiro atoms. The van der Waals surface area contributed by atoms with Gasteiger partial charge in [-0.2, -0.15) is 13.2 Å². The number of halogens is 5. The molecule has 0 saturated carbocycles. The van der Waals surface area contributed by atoms with E-state index in [2.05, 4.69) is 37.2 Å². The van der Waals surface area contributed by atoms with Crippen molar-refractivity contribution in [3.05, 3.63) is 62.5 Å². The first-order chi connectivity index (χ1) is 9.80. The van der Waals surface area contributed by atoms with Crippen LogP contribution in [0.25, 0.3) is 0 Å². The maximum absolute atomic E-state index is 13.1. The summed E-state index contributed by atoms with van der Waals surface area (Å²) in [6.45, 7) is 1.70. The number of anilines is 1. The van der Waals surface area contributed by atoms with E-state index < -0.39 is 17.8 Å². The highest BCUT2D eigenvalue weighted by Gasteiger charge is 2.34. The molecule has 2 aromatic rings. The van der Waals surface area contributed by atoms with Gasteiger partial charge in [-0.15, -0.1) is 0 Å². The van der Waals surface area contributed by atoms with Gasteiger partial charge >= 0.3 is 6.18 Å². The minimum atomic E-state index is -4.36. The fourth-order valence-electron chi connectivity index (χ4n) is 2.06. The molecule has 0 aliphatic rings. The predicted molar refractivity (Wildman–Crippen MR) is 85.3 cm³/mol. The van der Waals surface area contributed by atoms with Crippen LogP contribution in [-0.2, 0) is 6.18 Å². The van der Waals surface area contributed by atoms with Crippen LogP contribution in [0.4, 0.5) is 18.9 Å². The van der Waals surface area contributed by atoms with Gasteiger partial charge in [-0.25, -0.2) is 0 Å². The molecule has 2 rings (SSSR count). The Morgan fingerprint density at radius 3 is 2.10 bits per heavy atom. The van der Waals surface area contributed by atoms with E-state index in [9.17, 15) is 13.2 Å². The number of benzene rings is 2. The van der Waals surface area contributed by atoms with Crippen LogP contribution in [0.1, 0.15) is 24.1 Å². The van der Waals surface area contributed by atoms with Crippen molar-refractivity contribution in [3.8, 4) is 0 Å². The standard InChI is InChI=1S/C15H12Br2F3N/c1-9(21-14-12(16)7-4-8-13(14)17)10-5-2-3-6-11(10)15(18,19)20/h2-9,21H,1H3. The molecule has 1 N–H and O–H groups in total. The Balaban J connectivity index is 2.36. The Hall–Kier alpha value is -1.01. The van der Waals surface area contributed by atoms with Crippen LogP contribution in [0.2, 0.25) is 0 Å². The molecular weight excluding hydrogens is 411 g/mol. The number of hydrogen-bond donors (Lipinski definition) is 1. The number of hydrogen-bond acceptors (Lipinski definition) is 1. The van der Waals surface area contributed by atoms with Crippen LogP contribution in [-0.4, -0.2) is 0 Å². The van der Waals surface area contributed by atoms with Crippen molar-refractivity contribution in [3.63, 3.8) is 0 Å². The molecular formula is C15H12Br2F3N. The third kappa shape index (κ3) is 3.80. The van der Waals surface area contributed by atoms with Gasteiger partial charge in [-0.05, 0) is 62.5 Å². The summed E-state index contributed by atoms with van der Waals surface area (Å²) < 4.78 is 40.8. The lowest BCUT2D eigenvalue weighted by molar-refractivity contribution is -0.138. The fourth-order valence-corrected chi connectivity index (χ4v) is 3.29. The second-order valence-corrected chi connectivity index (χ2v) is 6.26. The SMILES string of the molecule is CC(Nc1c(Br)cccc1Br)c1ccccc1C(F)(F)F. The minimum Gasteiger partial charge on any atom is -0.377 e. The first-order valence-electron chi connectivity index (χ1n) is 6.17. The average Bonchev–Trinajstić information content (AvgIpc) is 2.42. The van der Waals surface area contributed by atoms with Crippen molar-refractivity contribution in [1.29, 1.82) is 0 Å². The van der Waals surface area contributed by atoms with Crippen molar-refractivity contribution in [2.45, 2.75) is 19.1 Å². The molecule has 1 atom stereocenters. The van der Waals surface area contributed by atoms with E-state index in [0.717, 1.165) is 20.7 Å². The Kier molecular flexibility index (Phi) is 4.99. The van der Waals surface area contributed by atoms with Crippen LogP contribution in [0.5, 0.6) is 0 Å². The van der Waals surface area contributed by atoms with Gasteiger partial charge in [-0.3, -0.25) is 0 Å². The predicted octanol–water partition coefficient (Wildman–Crippen LogP) is 6.40. The van der Waals surface area contributed by atoms with Gasteiger partial charge < -0.3 is 5.32 Å². The van der Waals surface area contributed by atoms with E-state index in [-0.39, 0.29) is 5.56 Å². The number of nitrogens with one attached hydrogen (secondary N) is 1. The van der Waals surface area contributed by atoms with Crippen molar-refractivity contribution >= 4 is 37.5 Å². The molecule has 0 fully saturated rings. The summed E-state index contributed by atoms with van der Waals surface area (Å²) >= 11 is 6.78. The average molecular weight is 423 g/mol. The van der Waals surface area contributed by atoms with Gasteiger partial charge in [0, 0.05) is 15.0 Å². The molecule has 0 amide bonds. The molecule has 0 saturated heterocycles. The molecule has 1 nitrogen and oxygen atoms in total. The highest BCUT2D eigenvalue weighted by molar-refractivity contribution is 9.11. The third-order valence-electron chi connectivity index (χ3n) is 3.06. The molecule has 1 unspecified atom stereocenters. The summed E-state index contributed by atoms with van der Waals surface area (Å²) in [5, 5.41) is 3.11. The number of rotatable bonds is 3. The smallest absolute Gasteiger partial charge is 0.377 e. The van der Waals surface area contributed by atoms with E-state index in [1.54, 1.807) is 13.0 Å². The van der Waals surface area contributed by atoms with Gasteiger partial charge in [0.1, 0.15) is 0 Å². The summed E-state index contributed by atoms with van der Waals surface area (Å²) in [4.78, 5) is 0. The number of alkyl halides is 3. The molecule has 0 bridgehead atoms. The van der Waals surface area contributed by atoms with Crippen molar-refractivity contribution < 1.29 is 13.2 Å². The molecule has 112 valence electrons. The second-order valence-electron chi connectivity index (χ2n) is 4.55. The molecule has 21 heavy (non-hydrogen) atoms. The van der Waals surface area contributed by atoms with Gasteiger partial charge in [0.15, 0.2) is 0 Å². The van der Waals surface area contributed by atoms with E-state index in [4.69, 9.17) is 0 Å². The Morgan fingerprint density at radius 2 is 1.52 bits per heavy atom. The molecule has 0 aliphatic carbocycles. The van der Waals surface area contributed by atoms with Gasteiger partial charge in [0.2, 0.25) is 0 Å². The quantitative estimate of drug-likeness (QED) is 0.603. The summed E-state index contributed by atoms with van der Waals surface area (Å²) in [5.41, 5.74) is 0.322. The maximum atomic E-state index is 13.1. The van der Waals surface area contributed by atoms with Gasteiger partial charge in [0.25, 0.3) is 0 Å². The Bertz CT molecular complexity index is 621. The van der Waals surface area contributed by atoms with Crippen LogP contribution in [0, 0.1) is 0 Å².